The van der Waals surface area contributed by atoms with Crippen LogP contribution in [0.5, 0.6) is 0 Å². The third kappa shape index (κ3) is 40.9. The highest BCUT2D eigenvalue weighted by molar-refractivity contribution is 8.08. The fourth-order valence-corrected chi connectivity index (χ4v) is 15.6. The average Bonchev–Trinajstić information content (AvgIpc) is 0.822. The van der Waals surface area contributed by atoms with Gasteiger partial charge in [-0.05, 0) is 124 Å². The first-order valence-corrected chi connectivity index (χ1v) is 46.0. The van der Waals surface area contributed by atoms with E-state index in [2.05, 4.69) is 5.32 Å². The first-order valence-electron chi connectivity index (χ1n) is 35.6. The maximum atomic E-state index is 11.7. The van der Waals surface area contributed by atoms with E-state index in [-0.39, 0.29) is 118 Å². The molecule has 1 amide bonds. The van der Waals surface area contributed by atoms with E-state index in [0.29, 0.717) is 103 Å². The predicted octanol–water partition coefficient (Wildman–Crippen LogP) is 3.89. The van der Waals surface area contributed by atoms with Gasteiger partial charge in [-0.25, -0.2) is 0 Å². The van der Waals surface area contributed by atoms with Crippen molar-refractivity contribution in [1.29, 1.82) is 0 Å². The molecule has 32 nitrogen and oxygen atoms in total. The zero-order valence-electron chi connectivity index (χ0n) is 59.7. The lowest BCUT2D eigenvalue weighted by molar-refractivity contribution is -0.282. The maximum absolute atomic E-state index is 11.7. The summed E-state index contributed by atoms with van der Waals surface area (Å²) in [6, 6.07) is -1.04. The standard InChI is InChI=1S/C62H123NO31P4S4/c1-46-50(38-49(39-64)56(70)54(46)68)83-28-14-6-10-18-32-87-96(75,100)90-35-21-25-80-43-62(42-79-24-13-5-9-17-31-86-95(74,99)78-4,44-81-26-22-36-91-97(76,101)88-33-19-11-7-15-29-84-60-47(2)55(69)57(71)51(40-65)93-60)45-82-27-23-37-92-98(77,102)89-34-20-12-8-16-30-85-61-53(63-48(3)67)59(73)58(72)52(41-66)94-61/h46-47,49-61,64-66,68-73H,5-45H2,1-4H3,(H,63,67)(H,74,99)(H,75,100)(H,76,101)(H,77,102)/t46?,47?,49?,50-,51?,52?,53?,54-,55-,56+,57+,58+,59-,60-,61-,62?,95?,96?,97?,98?/m1/s1. The molecule has 0 aromatic carbocycles. The summed E-state index contributed by atoms with van der Waals surface area (Å²) in [6.45, 7) is -7.34. The lowest BCUT2D eigenvalue weighted by Gasteiger charge is -2.42. The van der Waals surface area contributed by atoms with Gasteiger partial charge in [0, 0.05) is 84.6 Å². The lowest BCUT2D eigenvalue weighted by atomic mass is 9.77. The Morgan fingerprint density at radius 2 is 0.735 bits per heavy atom. The number of unbranched alkanes of at least 4 members (excludes halogenated alkanes) is 12. The number of hydrogen-bond donors (Lipinski definition) is 14. The summed E-state index contributed by atoms with van der Waals surface area (Å²) in [4.78, 5) is 54.1. The van der Waals surface area contributed by atoms with Gasteiger partial charge in [0.05, 0.1) is 116 Å². The van der Waals surface area contributed by atoms with Crippen molar-refractivity contribution >= 4 is 80.0 Å². The number of amides is 1. The second kappa shape index (κ2) is 54.5. The Bertz CT molecular complexity index is 2300. The molecular formula is C62H123NO31P4S4. The molecule has 11 unspecified atom stereocenters. The Morgan fingerprint density at radius 3 is 1.12 bits per heavy atom. The fraction of sp³-hybridized carbons (Fsp3) is 0.984. The number of aliphatic hydroxyl groups excluding tert-OH is 9. The zero-order chi connectivity index (χ0) is 75.5. The first-order chi connectivity index (χ1) is 48.6. The Hall–Kier alpha value is 0.870. The maximum Gasteiger partial charge on any atom is 0.324 e. The summed E-state index contributed by atoms with van der Waals surface area (Å²) < 4.78 is 97.7. The molecular weight excluding hydrogens is 1510 g/mol. The molecule has 3 aliphatic rings. The van der Waals surface area contributed by atoms with Crippen LogP contribution in [0, 0.1) is 23.2 Å². The quantitative estimate of drug-likeness (QED) is 0.0303. The molecule has 606 valence electrons. The van der Waals surface area contributed by atoms with Crippen molar-refractivity contribution in [3.63, 3.8) is 0 Å². The van der Waals surface area contributed by atoms with Crippen molar-refractivity contribution in [3.05, 3.63) is 0 Å². The third-order valence-electron chi connectivity index (χ3n) is 17.3. The summed E-state index contributed by atoms with van der Waals surface area (Å²) in [7, 11) is 1.30. The molecule has 3 rings (SSSR count). The van der Waals surface area contributed by atoms with Gasteiger partial charge in [-0.3, -0.25) is 4.79 Å². The predicted molar refractivity (Wildman–Crippen MR) is 388 cm³/mol. The van der Waals surface area contributed by atoms with Gasteiger partial charge in [0.1, 0.15) is 36.6 Å². The number of rotatable bonds is 63. The van der Waals surface area contributed by atoms with Crippen LogP contribution >= 0.6 is 26.9 Å². The van der Waals surface area contributed by atoms with Crippen molar-refractivity contribution in [3.8, 4) is 0 Å². The molecule has 0 spiro atoms. The van der Waals surface area contributed by atoms with Crippen LogP contribution in [-0.2, 0) is 131 Å². The highest BCUT2D eigenvalue weighted by Gasteiger charge is 2.46. The number of carbonyl (C=O) groups excluding carboxylic acids is 1. The normalized spacial score (nSPS) is 28.6. The SMILES string of the molecule is COP(O)(=S)OCCCCCCOCC(COCCCOP(O)(=S)OCCCCCCO[C@@H]1OC(CO)[C@H](O)[C@H](O)C1C)(COCCCOP(O)(=S)OCCCCCCO[C@@H]1OC(CO)[C@H](O)[C@H](O)C1NC(C)=O)COCCCOP(O)(=S)OCCCCCCO[C@@H]1CC(CO)[C@H](O)[C@H](O)C1C. The van der Waals surface area contributed by atoms with Crippen LogP contribution in [0.4, 0.5) is 0 Å². The second-order valence-corrected chi connectivity index (χ2v) is 37.4. The average molecular weight is 1630 g/mol. The van der Waals surface area contributed by atoms with E-state index < -0.39 is 131 Å². The van der Waals surface area contributed by atoms with Gasteiger partial charge in [-0.2, -0.15) is 0 Å². The van der Waals surface area contributed by atoms with E-state index in [1.807, 2.05) is 6.92 Å². The highest BCUT2D eigenvalue weighted by Crippen LogP contribution is 2.46. The molecule has 102 heavy (non-hydrogen) atoms. The summed E-state index contributed by atoms with van der Waals surface area (Å²) in [5.74, 6) is -1.64. The molecule has 20 atom stereocenters. The topological polar surface area (TPSA) is 449 Å². The zero-order valence-corrected chi connectivity index (χ0v) is 66.6. The number of ether oxygens (including phenoxy) is 9. The van der Waals surface area contributed by atoms with Crippen molar-refractivity contribution < 1.29 is 149 Å². The molecule has 40 heteroatoms. The molecule has 2 saturated heterocycles. The minimum Gasteiger partial charge on any atom is -0.396 e. The van der Waals surface area contributed by atoms with Gasteiger partial charge in [0.25, 0.3) is 0 Å². The van der Waals surface area contributed by atoms with E-state index in [1.54, 1.807) is 6.92 Å². The van der Waals surface area contributed by atoms with E-state index >= 15 is 0 Å². The Labute approximate surface area is 622 Å². The van der Waals surface area contributed by atoms with Crippen molar-refractivity contribution in [1.82, 2.24) is 5.32 Å². The van der Waals surface area contributed by atoms with Gasteiger partial charge in [-0.1, -0.05) is 65.2 Å². The van der Waals surface area contributed by atoms with Gasteiger partial charge >= 0.3 is 26.9 Å². The number of aliphatic hydroxyl groups is 9. The van der Waals surface area contributed by atoms with Gasteiger partial charge in [0.15, 0.2) is 12.6 Å². The van der Waals surface area contributed by atoms with E-state index in [0.717, 1.165) is 44.9 Å². The van der Waals surface area contributed by atoms with Crippen LogP contribution in [0.2, 0.25) is 0 Å². The van der Waals surface area contributed by atoms with Gasteiger partial charge < -0.3 is 150 Å². The molecule has 0 aromatic heterocycles. The molecule has 1 saturated carbocycles. The molecule has 2 heterocycles. The minimum absolute atomic E-state index is 0.0172. The molecule has 14 N–H and O–H groups in total. The lowest BCUT2D eigenvalue weighted by Crippen LogP contribution is -2.64. The van der Waals surface area contributed by atoms with Crippen LogP contribution in [0.15, 0.2) is 0 Å². The van der Waals surface area contributed by atoms with Gasteiger partial charge in [0.2, 0.25) is 5.91 Å². The first kappa shape index (κ1) is 97.1. The third-order valence-corrected chi connectivity index (χ3v) is 24.0. The highest BCUT2D eigenvalue weighted by atomic mass is 32.5. The molecule has 0 aromatic rings. The van der Waals surface area contributed by atoms with E-state index in [9.17, 15) is 70.3 Å². The minimum atomic E-state index is -3.62. The fourth-order valence-electron chi connectivity index (χ4n) is 11.2. The molecule has 0 radical (unpaired) electrons. The number of carbonyl (C=O) groups is 1. The summed E-state index contributed by atoms with van der Waals surface area (Å²) in [5.41, 5.74) is -0.897. The summed E-state index contributed by atoms with van der Waals surface area (Å²) in [5, 5.41) is 93.0. The Balaban J connectivity index is 1.52. The number of hydrogen-bond acceptors (Lipinski definition) is 31. The largest absolute Gasteiger partial charge is 0.396 e. The van der Waals surface area contributed by atoms with Crippen LogP contribution in [0.25, 0.3) is 0 Å². The molecule has 3 fully saturated rings. The van der Waals surface area contributed by atoms with Crippen LogP contribution in [-0.4, -0.2) is 291 Å². The molecule has 1 aliphatic carbocycles. The van der Waals surface area contributed by atoms with Crippen LogP contribution < -0.4 is 5.32 Å². The Morgan fingerprint density at radius 1 is 0.412 bits per heavy atom. The Kier molecular flexibility index (Phi) is 51.9. The second-order valence-electron chi connectivity index (χ2n) is 26.0. The van der Waals surface area contributed by atoms with Gasteiger partial charge in [-0.15, -0.1) is 0 Å². The number of nitrogens with one attached hydrogen (secondary N) is 1. The van der Waals surface area contributed by atoms with Crippen molar-refractivity contribution in [2.45, 2.75) is 223 Å². The van der Waals surface area contributed by atoms with E-state index in [1.165, 1.54) is 14.0 Å². The van der Waals surface area contributed by atoms with Crippen LogP contribution in [0.3, 0.4) is 0 Å². The summed E-state index contributed by atoms with van der Waals surface area (Å²) in [6.07, 6.45) is 1.36. The van der Waals surface area contributed by atoms with Crippen LogP contribution in [0.1, 0.15) is 149 Å². The van der Waals surface area contributed by atoms with Crippen molar-refractivity contribution in [2.24, 2.45) is 23.2 Å². The molecule has 2 aliphatic heterocycles. The summed E-state index contributed by atoms with van der Waals surface area (Å²) >= 11 is 20.8. The smallest absolute Gasteiger partial charge is 0.324 e. The van der Waals surface area contributed by atoms with Crippen molar-refractivity contribution in [2.75, 3.05) is 146 Å². The van der Waals surface area contributed by atoms with E-state index in [4.69, 9.17) is 126 Å². The monoisotopic (exact) mass is 1630 g/mol. The molecule has 0 bridgehead atoms.